The molecule has 1 saturated heterocycles. The lowest BCUT2D eigenvalue weighted by Crippen LogP contribution is -2.39. The molecule has 1 amide bonds. The quantitative estimate of drug-likeness (QED) is 0.830. The van der Waals surface area contributed by atoms with E-state index in [1.165, 1.54) is 18.0 Å². The summed E-state index contributed by atoms with van der Waals surface area (Å²) in [7, 11) is 3.38. The molecular formula is C17H19F3N2O2. The number of benzene rings is 1. The molecule has 2 aliphatic heterocycles. The average molecular weight is 340 g/mol. The zero-order valence-electron chi connectivity index (χ0n) is 13.6. The third-order valence-corrected chi connectivity index (χ3v) is 4.80. The summed E-state index contributed by atoms with van der Waals surface area (Å²) < 4.78 is 40.2. The summed E-state index contributed by atoms with van der Waals surface area (Å²) in [5.74, 6) is -0.646. The molecule has 1 unspecified atom stereocenters. The van der Waals surface area contributed by atoms with Gasteiger partial charge in [0.15, 0.2) is 0 Å². The Morgan fingerprint density at radius 1 is 1.21 bits per heavy atom. The van der Waals surface area contributed by atoms with E-state index in [1.807, 2.05) is 11.9 Å². The Balaban J connectivity index is 1.98. The van der Waals surface area contributed by atoms with Crippen LogP contribution >= 0.6 is 0 Å². The predicted molar refractivity (Wildman–Crippen MR) is 81.6 cm³/mol. The summed E-state index contributed by atoms with van der Waals surface area (Å²) in [6, 6.07) is 2.63. The summed E-state index contributed by atoms with van der Waals surface area (Å²) in [5.41, 5.74) is -0.215. The van der Waals surface area contributed by atoms with Gasteiger partial charge in [0.05, 0.1) is 5.56 Å². The van der Waals surface area contributed by atoms with E-state index in [0.717, 1.165) is 6.07 Å². The number of ketones is 1. The number of likely N-dealkylation sites (tertiary alicyclic amines) is 1. The van der Waals surface area contributed by atoms with Crippen molar-refractivity contribution in [1.29, 1.82) is 0 Å². The number of rotatable bonds is 2. The van der Waals surface area contributed by atoms with Crippen molar-refractivity contribution >= 4 is 11.7 Å². The molecule has 1 aromatic rings. The van der Waals surface area contributed by atoms with Gasteiger partial charge in [0.1, 0.15) is 5.78 Å². The second-order valence-electron chi connectivity index (χ2n) is 6.71. The molecule has 0 spiro atoms. The first kappa shape index (κ1) is 17.0. The first-order chi connectivity index (χ1) is 11.2. The topological polar surface area (TPSA) is 40.6 Å². The maximum Gasteiger partial charge on any atom is 0.416 e. The standard InChI is InChI=1S/C17H19F3N2O2/c1-21-4-3-15(23)11(8-21)5-10-6-12-13(9-22(2)16(12)24)14(7-10)17(18,19)20/h6-7,11H,3-5,8-9H2,1-2H3. The van der Waals surface area contributed by atoms with E-state index in [9.17, 15) is 22.8 Å². The highest BCUT2D eigenvalue weighted by molar-refractivity contribution is 5.99. The lowest BCUT2D eigenvalue weighted by Gasteiger charge is -2.28. The van der Waals surface area contributed by atoms with Gasteiger partial charge in [-0.2, -0.15) is 13.2 Å². The summed E-state index contributed by atoms with van der Waals surface area (Å²) in [4.78, 5) is 27.5. The van der Waals surface area contributed by atoms with Crippen molar-refractivity contribution in [2.45, 2.75) is 25.6 Å². The monoisotopic (exact) mass is 340 g/mol. The number of carbonyl (C=O) groups is 2. The number of Topliss-reactive ketones (excluding diaryl/α,β-unsaturated/α-hetero) is 1. The smallest absolute Gasteiger partial charge is 0.337 e. The van der Waals surface area contributed by atoms with Crippen molar-refractivity contribution in [2.75, 3.05) is 27.2 Å². The molecule has 0 bridgehead atoms. The van der Waals surface area contributed by atoms with Crippen LogP contribution in [-0.2, 0) is 23.9 Å². The second kappa shape index (κ2) is 5.88. The van der Waals surface area contributed by atoms with Crippen molar-refractivity contribution < 1.29 is 22.8 Å². The van der Waals surface area contributed by atoms with Crippen LogP contribution in [0.2, 0.25) is 0 Å². The molecule has 1 aromatic carbocycles. The van der Waals surface area contributed by atoms with Gasteiger partial charge in [-0.1, -0.05) is 0 Å². The summed E-state index contributed by atoms with van der Waals surface area (Å²) in [5, 5.41) is 0. The minimum atomic E-state index is -4.51. The van der Waals surface area contributed by atoms with Crippen molar-refractivity contribution in [2.24, 2.45) is 5.92 Å². The van der Waals surface area contributed by atoms with Gasteiger partial charge < -0.3 is 9.80 Å². The van der Waals surface area contributed by atoms with Crippen molar-refractivity contribution in [3.8, 4) is 0 Å². The molecule has 2 aliphatic rings. The van der Waals surface area contributed by atoms with E-state index < -0.39 is 17.6 Å². The van der Waals surface area contributed by atoms with Crippen LogP contribution < -0.4 is 0 Å². The Bertz CT molecular complexity index is 700. The minimum absolute atomic E-state index is 0.0332. The van der Waals surface area contributed by atoms with E-state index in [-0.39, 0.29) is 35.8 Å². The van der Waals surface area contributed by atoms with Crippen LogP contribution in [0, 0.1) is 5.92 Å². The summed E-state index contributed by atoms with van der Waals surface area (Å²) >= 11 is 0. The Hall–Kier alpha value is -1.89. The van der Waals surface area contributed by atoms with E-state index in [4.69, 9.17) is 0 Å². The number of carbonyl (C=O) groups excluding carboxylic acids is 2. The highest BCUT2D eigenvalue weighted by atomic mass is 19.4. The highest BCUT2D eigenvalue weighted by Gasteiger charge is 2.39. The lowest BCUT2D eigenvalue weighted by atomic mass is 9.88. The van der Waals surface area contributed by atoms with Gasteiger partial charge >= 0.3 is 6.18 Å². The number of halogens is 3. The van der Waals surface area contributed by atoms with E-state index in [0.29, 0.717) is 25.1 Å². The number of fused-ring (bicyclic) bond motifs is 1. The number of alkyl halides is 3. The van der Waals surface area contributed by atoms with Crippen LogP contribution in [0.4, 0.5) is 13.2 Å². The normalized spacial score (nSPS) is 22.2. The van der Waals surface area contributed by atoms with Crippen LogP contribution in [0.1, 0.15) is 33.5 Å². The molecule has 24 heavy (non-hydrogen) atoms. The fourth-order valence-electron chi connectivity index (χ4n) is 3.52. The molecule has 0 N–H and O–H groups in total. The molecule has 0 radical (unpaired) electrons. The third kappa shape index (κ3) is 3.05. The maximum atomic E-state index is 13.4. The first-order valence-electron chi connectivity index (χ1n) is 7.86. The molecule has 7 heteroatoms. The van der Waals surface area contributed by atoms with Gasteiger partial charge in [-0.3, -0.25) is 9.59 Å². The number of amides is 1. The zero-order chi connectivity index (χ0) is 17.6. The van der Waals surface area contributed by atoms with Crippen molar-refractivity contribution in [1.82, 2.24) is 9.80 Å². The van der Waals surface area contributed by atoms with Crippen molar-refractivity contribution in [3.63, 3.8) is 0 Å². The van der Waals surface area contributed by atoms with Crippen LogP contribution in [0.25, 0.3) is 0 Å². The van der Waals surface area contributed by atoms with Crippen molar-refractivity contribution in [3.05, 3.63) is 34.4 Å². The number of hydrogen-bond acceptors (Lipinski definition) is 3. The van der Waals surface area contributed by atoms with Gasteiger partial charge in [-0.15, -0.1) is 0 Å². The van der Waals surface area contributed by atoms with E-state index in [1.54, 1.807) is 0 Å². The number of nitrogens with zero attached hydrogens (tertiary/aromatic N) is 2. The first-order valence-corrected chi connectivity index (χ1v) is 7.86. The number of hydrogen-bond donors (Lipinski definition) is 0. The maximum absolute atomic E-state index is 13.4. The zero-order valence-corrected chi connectivity index (χ0v) is 13.6. The Labute approximate surface area is 138 Å². The predicted octanol–water partition coefficient (Wildman–Crippen LogP) is 2.35. The summed E-state index contributed by atoms with van der Waals surface area (Å²) in [6.07, 6.45) is -3.87. The minimum Gasteiger partial charge on any atom is -0.337 e. The van der Waals surface area contributed by atoms with Gasteiger partial charge in [-0.25, -0.2) is 0 Å². The molecule has 1 fully saturated rings. The number of piperidine rings is 1. The van der Waals surface area contributed by atoms with Crippen LogP contribution in [0.15, 0.2) is 12.1 Å². The van der Waals surface area contributed by atoms with Gasteiger partial charge in [0.2, 0.25) is 0 Å². The molecule has 4 nitrogen and oxygen atoms in total. The van der Waals surface area contributed by atoms with Crippen LogP contribution in [0.3, 0.4) is 0 Å². The molecule has 2 heterocycles. The fourth-order valence-corrected chi connectivity index (χ4v) is 3.52. The molecule has 130 valence electrons. The summed E-state index contributed by atoms with van der Waals surface area (Å²) in [6.45, 7) is 1.18. The molecular weight excluding hydrogens is 321 g/mol. The van der Waals surface area contributed by atoms with Crippen LogP contribution in [0.5, 0.6) is 0 Å². The molecule has 3 rings (SSSR count). The van der Waals surface area contributed by atoms with E-state index >= 15 is 0 Å². The highest BCUT2D eigenvalue weighted by Crippen LogP contribution is 2.38. The van der Waals surface area contributed by atoms with E-state index in [2.05, 4.69) is 0 Å². The van der Waals surface area contributed by atoms with Gasteiger partial charge in [0.25, 0.3) is 5.91 Å². The average Bonchev–Trinajstić information content (AvgIpc) is 2.77. The Morgan fingerprint density at radius 2 is 1.92 bits per heavy atom. The fraction of sp³-hybridized carbons (Fsp3) is 0.529. The Morgan fingerprint density at radius 3 is 2.58 bits per heavy atom. The van der Waals surface area contributed by atoms with Crippen LogP contribution in [-0.4, -0.2) is 48.7 Å². The van der Waals surface area contributed by atoms with Gasteiger partial charge in [0, 0.05) is 44.6 Å². The van der Waals surface area contributed by atoms with Gasteiger partial charge in [-0.05, 0) is 36.7 Å². The third-order valence-electron chi connectivity index (χ3n) is 4.80. The SMILES string of the molecule is CN1CCC(=O)C(Cc2cc3c(c(C(F)(F)F)c2)CN(C)C3=O)C1. The molecule has 0 saturated carbocycles. The molecule has 0 aromatic heterocycles. The molecule has 0 aliphatic carbocycles. The largest absolute Gasteiger partial charge is 0.416 e. The molecule has 1 atom stereocenters. The lowest BCUT2D eigenvalue weighted by molar-refractivity contribution is -0.138. The second-order valence-corrected chi connectivity index (χ2v) is 6.71. The Kier molecular flexibility index (Phi) is 4.15.